The molecule has 94 valence electrons. The third kappa shape index (κ3) is 4.18. The number of nitrogens with zero attached hydrogens (tertiary/aromatic N) is 1. The molecule has 0 aliphatic carbocycles. The molecule has 1 aromatic rings. The number of thioether (sulfide) groups is 1. The van der Waals surface area contributed by atoms with Crippen LogP contribution in [-0.2, 0) is 9.53 Å². The number of nitrogen functional groups attached to an aromatic ring is 1. The van der Waals surface area contributed by atoms with E-state index < -0.39 is 0 Å². The van der Waals surface area contributed by atoms with Gasteiger partial charge in [0, 0.05) is 13.2 Å². The number of thiazole rings is 1. The van der Waals surface area contributed by atoms with E-state index in [1.165, 1.54) is 23.1 Å². The standard InChI is InChI=1S/C10H15N3O2S2/c11-10-13-5-9(17-10)16-6-8(14)12-4-7-2-1-3-15-7/h5,7H,1-4,6H2,(H2,11,13)(H,12,14). The van der Waals surface area contributed by atoms with Crippen molar-refractivity contribution in [3.8, 4) is 0 Å². The maximum absolute atomic E-state index is 11.5. The van der Waals surface area contributed by atoms with E-state index in [4.69, 9.17) is 10.5 Å². The fourth-order valence-corrected chi connectivity index (χ4v) is 3.15. The zero-order valence-corrected chi connectivity index (χ0v) is 11.0. The highest BCUT2D eigenvalue weighted by atomic mass is 32.2. The Balaban J connectivity index is 1.63. The Kier molecular flexibility index (Phi) is 4.64. The van der Waals surface area contributed by atoms with Crippen molar-refractivity contribution in [2.24, 2.45) is 0 Å². The van der Waals surface area contributed by atoms with Gasteiger partial charge in [0.25, 0.3) is 0 Å². The topological polar surface area (TPSA) is 77.2 Å². The lowest BCUT2D eigenvalue weighted by Crippen LogP contribution is -2.32. The summed E-state index contributed by atoms with van der Waals surface area (Å²) in [5, 5.41) is 3.40. The highest BCUT2D eigenvalue weighted by molar-refractivity contribution is 8.01. The lowest BCUT2D eigenvalue weighted by Gasteiger charge is -2.10. The third-order valence-corrected chi connectivity index (χ3v) is 4.42. The van der Waals surface area contributed by atoms with Crippen molar-refractivity contribution in [3.05, 3.63) is 6.20 Å². The van der Waals surface area contributed by atoms with Gasteiger partial charge in [0.15, 0.2) is 5.13 Å². The molecule has 0 bridgehead atoms. The number of carbonyl (C=O) groups is 1. The Labute approximate surface area is 108 Å². The van der Waals surface area contributed by atoms with Crippen molar-refractivity contribution < 1.29 is 9.53 Å². The molecule has 0 saturated carbocycles. The molecule has 1 fully saturated rings. The van der Waals surface area contributed by atoms with Crippen LogP contribution in [0.1, 0.15) is 12.8 Å². The van der Waals surface area contributed by atoms with E-state index in [1.54, 1.807) is 6.20 Å². The molecule has 17 heavy (non-hydrogen) atoms. The molecule has 0 aromatic carbocycles. The molecule has 0 spiro atoms. The number of ether oxygens (including phenoxy) is 1. The quantitative estimate of drug-likeness (QED) is 0.786. The van der Waals surface area contributed by atoms with E-state index in [0.29, 0.717) is 17.4 Å². The first-order chi connectivity index (χ1) is 8.24. The van der Waals surface area contributed by atoms with Gasteiger partial charge < -0.3 is 15.8 Å². The summed E-state index contributed by atoms with van der Waals surface area (Å²) in [6.45, 7) is 1.43. The SMILES string of the molecule is Nc1ncc(SCC(=O)NCC2CCCO2)s1. The van der Waals surface area contributed by atoms with Gasteiger partial charge in [-0.3, -0.25) is 4.79 Å². The van der Waals surface area contributed by atoms with Crippen LogP contribution in [0.3, 0.4) is 0 Å². The molecule has 5 nitrogen and oxygen atoms in total. The van der Waals surface area contributed by atoms with Gasteiger partial charge in [-0.15, -0.1) is 11.8 Å². The highest BCUT2D eigenvalue weighted by Gasteiger charge is 2.16. The number of hydrogen-bond donors (Lipinski definition) is 2. The van der Waals surface area contributed by atoms with Crippen LogP contribution in [0.5, 0.6) is 0 Å². The molecule has 2 rings (SSSR count). The summed E-state index contributed by atoms with van der Waals surface area (Å²) in [7, 11) is 0. The Morgan fingerprint density at radius 1 is 1.76 bits per heavy atom. The van der Waals surface area contributed by atoms with Crippen molar-refractivity contribution in [2.45, 2.75) is 23.2 Å². The summed E-state index contributed by atoms with van der Waals surface area (Å²) in [6.07, 6.45) is 4.02. The molecule has 1 aromatic heterocycles. The minimum atomic E-state index is 0.0254. The molecule has 2 heterocycles. The number of amides is 1. The van der Waals surface area contributed by atoms with Gasteiger partial charge in [0.2, 0.25) is 5.91 Å². The van der Waals surface area contributed by atoms with E-state index in [2.05, 4.69) is 10.3 Å². The van der Waals surface area contributed by atoms with Crippen LogP contribution in [0.25, 0.3) is 0 Å². The fourth-order valence-electron chi connectivity index (χ4n) is 1.56. The Hall–Kier alpha value is -0.790. The van der Waals surface area contributed by atoms with E-state index in [9.17, 15) is 4.79 Å². The lowest BCUT2D eigenvalue weighted by molar-refractivity contribution is -0.119. The Morgan fingerprint density at radius 2 is 2.65 bits per heavy atom. The van der Waals surface area contributed by atoms with Crippen LogP contribution >= 0.6 is 23.1 Å². The number of nitrogens with two attached hydrogens (primary N) is 1. The third-order valence-electron chi connectivity index (χ3n) is 2.40. The highest BCUT2D eigenvalue weighted by Crippen LogP contribution is 2.25. The summed E-state index contributed by atoms with van der Waals surface area (Å²) >= 11 is 2.85. The van der Waals surface area contributed by atoms with Gasteiger partial charge in [-0.05, 0) is 12.8 Å². The number of carbonyl (C=O) groups excluding carboxylic acids is 1. The molecule has 3 N–H and O–H groups in total. The first-order valence-electron chi connectivity index (χ1n) is 5.46. The molecule has 1 aliphatic rings. The van der Waals surface area contributed by atoms with Gasteiger partial charge in [-0.1, -0.05) is 11.3 Å². The second kappa shape index (κ2) is 6.23. The van der Waals surface area contributed by atoms with Crippen molar-refractivity contribution in [2.75, 3.05) is 24.6 Å². The molecule has 1 aliphatic heterocycles. The molecular weight excluding hydrogens is 258 g/mol. The second-order valence-corrected chi connectivity index (χ2v) is 6.08. The number of hydrogen-bond acceptors (Lipinski definition) is 6. The number of rotatable bonds is 5. The van der Waals surface area contributed by atoms with Crippen molar-refractivity contribution in [3.63, 3.8) is 0 Å². The summed E-state index contributed by atoms with van der Waals surface area (Å²) in [6, 6.07) is 0. The number of anilines is 1. The summed E-state index contributed by atoms with van der Waals surface area (Å²) in [4.78, 5) is 15.5. The number of nitrogens with one attached hydrogen (secondary N) is 1. The molecule has 1 saturated heterocycles. The van der Waals surface area contributed by atoms with Gasteiger partial charge in [-0.25, -0.2) is 4.98 Å². The van der Waals surface area contributed by atoms with Crippen LogP contribution < -0.4 is 11.1 Å². The molecular formula is C10H15N3O2S2. The van der Waals surface area contributed by atoms with Crippen LogP contribution in [-0.4, -0.2) is 35.9 Å². The first-order valence-corrected chi connectivity index (χ1v) is 7.26. The Morgan fingerprint density at radius 3 is 3.29 bits per heavy atom. The zero-order valence-electron chi connectivity index (χ0n) is 9.35. The summed E-state index contributed by atoms with van der Waals surface area (Å²) < 4.78 is 6.39. The average Bonchev–Trinajstić information content (AvgIpc) is 2.95. The number of aromatic nitrogens is 1. The molecule has 7 heteroatoms. The Bertz CT molecular complexity index is 377. The normalized spacial score (nSPS) is 19.4. The van der Waals surface area contributed by atoms with Gasteiger partial charge in [-0.2, -0.15) is 0 Å². The minimum Gasteiger partial charge on any atom is -0.376 e. The van der Waals surface area contributed by atoms with Gasteiger partial charge in [0.05, 0.1) is 22.3 Å². The molecule has 1 unspecified atom stereocenters. The maximum atomic E-state index is 11.5. The van der Waals surface area contributed by atoms with Crippen LogP contribution in [0.15, 0.2) is 10.4 Å². The zero-order chi connectivity index (χ0) is 12.1. The predicted molar refractivity (Wildman–Crippen MR) is 69.2 cm³/mol. The van der Waals surface area contributed by atoms with Crippen molar-refractivity contribution in [1.29, 1.82) is 0 Å². The van der Waals surface area contributed by atoms with Gasteiger partial charge in [0.1, 0.15) is 0 Å². The van der Waals surface area contributed by atoms with E-state index >= 15 is 0 Å². The van der Waals surface area contributed by atoms with Gasteiger partial charge >= 0.3 is 0 Å². The minimum absolute atomic E-state index is 0.0254. The molecule has 1 amide bonds. The molecule has 0 radical (unpaired) electrons. The summed E-state index contributed by atoms with van der Waals surface area (Å²) in [5.74, 6) is 0.423. The van der Waals surface area contributed by atoms with Crippen molar-refractivity contribution in [1.82, 2.24) is 10.3 Å². The second-order valence-electron chi connectivity index (χ2n) is 3.75. The lowest BCUT2D eigenvalue weighted by atomic mass is 10.2. The average molecular weight is 273 g/mol. The van der Waals surface area contributed by atoms with Crippen LogP contribution in [0, 0.1) is 0 Å². The van der Waals surface area contributed by atoms with Crippen LogP contribution in [0.4, 0.5) is 5.13 Å². The predicted octanol–water partition coefficient (Wildman–Crippen LogP) is 1.11. The van der Waals surface area contributed by atoms with Crippen LogP contribution in [0.2, 0.25) is 0 Å². The molecule has 1 atom stereocenters. The van der Waals surface area contributed by atoms with Crippen molar-refractivity contribution >= 4 is 34.1 Å². The maximum Gasteiger partial charge on any atom is 0.230 e. The smallest absolute Gasteiger partial charge is 0.230 e. The van der Waals surface area contributed by atoms with E-state index in [0.717, 1.165) is 23.7 Å². The largest absolute Gasteiger partial charge is 0.376 e. The fraction of sp³-hybridized carbons (Fsp3) is 0.600. The summed E-state index contributed by atoms with van der Waals surface area (Å²) in [5.41, 5.74) is 5.50. The monoisotopic (exact) mass is 273 g/mol. The first kappa shape index (κ1) is 12.7. The van der Waals surface area contributed by atoms with E-state index in [1.807, 2.05) is 0 Å². The van der Waals surface area contributed by atoms with E-state index in [-0.39, 0.29) is 12.0 Å².